The summed E-state index contributed by atoms with van der Waals surface area (Å²) in [5.74, 6) is 0.870. The van der Waals surface area contributed by atoms with Crippen LogP contribution in [-0.2, 0) is 0 Å². The molecule has 0 aliphatic heterocycles. The van der Waals surface area contributed by atoms with Crippen molar-refractivity contribution in [2.75, 3.05) is 32.0 Å². The molecule has 0 aromatic heterocycles. The predicted molar refractivity (Wildman–Crippen MR) is 120 cm³/mol. The van der Waals surface area contributed by atoms with Crippen molar-refractivity contribution in [3.05, 3.63) is 77.4 Å². The minimum Gasteiger partial charge on any atom is -0.497 e. The predicted octanol–water partition coefficient (Wildman–Crippen LogP) is 4.53. The van der Waals surface area contributed by atoms with Gasteiger partial charge in [0.1, 0.15) is 17.2 Å². The highest BCUT2D eigenvalue weighted by Gasteiger charge is 2.15. The van der Waals surface area contributed by atoms with Crippen LogP contribution in [-0.4, -0.2) is 33.1 Å². The molecule has 2 N–H and O–H groups in total. The van der Waals surface area contributed by atoms with Gasteiger partial charge in [-0.1, -0.05) is 18.2 Å². The Morgan fingerprint density at radius 2 is 1.42 bits per heavy atom. The second-order valence-corrected chi connectivity index (χ2v) is 6.74. The largest absolute Gasteiger partial charge is 0.497 e. The molecule has 3 aromatic carbocycles. The summed E-state index contributed by atoms with van der Waals surface area (Å²) >= 11 is 0. The Balaban J connectivity index is 1.84. The molecule has 7 nitrogen and oxygen atoms in total. The number of carbonyl (C=O) groups excluding carboxylic acids is 2. The van der Waals surface area contributed by atoms with Gasteiger partial charge in [0.2, 0.25) is 0 Å². The van der Waals surface area contributed by atoms with Gasteiger partial charge in [-0.05, 0) is 48.9 Å². The highest BCUT2D eigenvalue weighted by atomic mass is 16.5. The molecular weight excluding hydrogens is 396 g/mol. The fourth-order valence-electron chi connectivity index (χ4n) is 3.04. The molecule has 0 saturated carbocycles. The maximum Gasteiger partial charge on any atom is 0.256 e. The van der Waals surface area contributed by atoms with Crippen molar-refractivity contribution in [3.8, 4) is 17.2 Å². The van der Waals surface area contributed by atoms with Crippen LogP contribution in [0.2, 0.25) is 0 Å². The number of rotatable bonds is 7. The second-order valence-electron chi connectivity index (χ2n) is 6.74. The molecule has 3 aromatic rings. The van der Waals surface area contributed by atoms with Crippen LogP contribution in [0.5, 0.6) is 17.2 Å². The summed E-state index contributed by atoms with van der Waals surface area (Å²) in [6, 6.07) is 17.2. The number of amides is 2. The second kappa shape index (κ2) is 9.67. The number of hydrogen-bond acceptors (Lipinski definition) is 5. The van der Waals surface area contributed by atoms with Gasteiger partial charge in [-0.2, -0.15) is 0 Å². The lowest BCUT2D eigenvalue weighted by Gasteiger charge is -2.14. The van der Waals surface area contributed by atoms with Crippen molar-refractivity contribution in [1.29, 1.82) is 0 Å². The van der Waals surface area contributed by atoms with Crippen LogP contribution in [0.25, 0.3) is 0 Å². The van der Waals surface area contributed by atoms with Gasteiger partial charge in [-0.25, -0.2) is 0 Å². The molecule has 0 spiro atoms. The third kappa shape index (κ3) is 5.14. The molecule has 2 amide bonds. The highest BCUT2D eigenvalue weighted by molar-refractivity contribution is 6.07. The highest BCUT2D eigenvalue weighted by Crippen LogP contribution is 2.29. The van der Waals surface area contributed by atoms with E-state index < -0.39 is 0 Å². The first-order valence-corrected chi connectivity index (χ1v) is 9.54. The molecule has 0 heterocycles. The minimum absolute atomic E-state index is 0.266. The number of benzene rings is 3. The van der Waals surface area contributed by atoms with E-state index in [-0.39, 0.29) is 11.8 Å². The van der Waals surface area contributed by atoms with Crippen LogP contribution >= 0.6 is 0 Å². The zero-order valence-corrected chi connectivity index (χ0v) is 17.8. The summed E-state index contributed by atoms with van der Waals surface area (Å²) in [5, 5.41) is 5.67. The van der Waals surface area contributed by atoms with Crippen molar-refractivity contribution in [2.45, 2.75) is 6.92 Å². The van der Waals surface area contributed by atoms with Crippen molar-refractivity contribution in [3.63, 3.8) is 0 Å². The quantitative estimate of drug-likeness (QED) is 0.587. The van der Waals surface area contributed by atoms with Crippen molar-refractivity contribution in [1.82, 2.24) is 0 Å². The molecular formula is C24H24N2O5. The Labute approximate surface area is 180 Å². The molecule has 160 valence electrons. The summed E-state index contributed by atoms with van der Waals surface area (Å²) in [7, 11) is 4.55. The topological polar surface area (TPSA) is 85.9 Å². The van der Waals surface area contributed by atoms with Crippen molar-refractivity contribution >= 4 is 23.2 Å². The molecule has 0 aliphatic carbocycles. The number of aryl methyl sites for hydroxylation is 1. The van der Waals surface area contributed by atoms with Crippen LogP contribution in [0.1, 0.15) is 26.3 Å². The Hall–Kier alpha value is -4.00. The Kier molecular flexibility index (Phi) is 6.77. The van der Waals surface area contributed by atoms with Crippen LogP contribution in [0.4, 0.5) is 11.4 Å². The van der Waals surface area contributed by atoms with Crippen LogP contribution in [0, 0.1) is 6.92 Å². The summed E-state index contributed by atoms with van der Waals surface area (Å²) in [5.41, 5.74) is 2.72. The summed E-state index contributed by atoms with van der Waals surface area (Å²) < 4.78 is 15.8. The van der Waals surface area contributed by atoms with E-state index in [1.54, 1.807) is 48.5 Å². The van der Waals surface area contributed by atoms with Gasteiger partial charge in [0.25, 0.3) is 11.8 Å². The summed E-state index contributed by atoms with van der Waals surface area (Å²) in [6.07, 6.45) is 0. The minimum atomic E-state index is -0.349. The van der Waals surface area contributed by atoms with Gasteiger partial charge in [0, 0.05) is 22.9 Å². The van der Waals surface area contributed by atoms with E-state index in [9.17, 15) is 9.59 Å². The normalized spacial score (nSPS) is 10.2. The summed E-state index contributed by atoms with van der Waals surface area (Å²) in [4.78, 5) is 25.5. The van der Waals surface area contributed by atoms with Crippen LogP contribution in [0.3, 0.4) is 0 Å². The molecule has 3 rings (SSSR count). The molecule has 31 heavy (non-hydrogen) atoms. The van der Waals surface area contributed by atoms with E-state index in [4.69, 9.17) is 14.2 Å². The number of hydrogen-bond donors (Lipinski definition) is 2. The molecule has 7 heteroatoms. The van der Waals surface area contributed by atoms with Gasteiger partial charge in [0.05, 0.1) is 27.0 Å². The van der Waals surface area contributed by atoms with Crippen LogP contribution < -0.4 is 24.8 Å². The molecule has 0 atom stereocenters. The lowest BCUT2D eigenvalue weighted by atomic mass is 10.1. The van der Waals surface area contributed by atoms with E-state index in [2.05, 4.69) is 10.6 Å². The number of ether oxygens (including phenoxy) is 3. The first-order valence-electron chi connectivity index (χ1n) is 9.54. The lowest BCUT2D eigenvalue weighted by molar-refractivity contribution is 0.101. The zero-order valence-electron chi connectivity index (χ0n) is 17.8. The van der Waals surface area contributed by atoms with E-state index >= 15 is 0 Å². The van der Waals surface area contributed by atoms with Gasteiger partial charge >= 0.3 is 0 Å². The van der Waals surface area contributed by atoms with E-state index in [1.807, 2.05) is 19.1 Å². The number of carbonyl (C=O) groups is 2. The molecule has 0 aliphatic rings. The van der Waals surface area contributed by atoms with E-state index in [1.165, 1.54) is 21.3 Å². The third-order valence-electron chi connectivity index (χ3n) is 4.71. The van der Waals surface area contributed by atoms with E-state index in [0.29, 0.717) is 39.8 Å². The third-order valence-corrected chi connectivity index (χ3v) is 4.71. The SMILES string of the molecule is COc1cc(OC)cc(C(=O)Nc2ccc(OC)c(NC(=O)c3ccccc3C)c2)c1. The Morgan fingerprint density at radius 1 is 0.742 bits per heavy atom. The lowest BCUT2D eigenvalue weighted by Crippen LogP contribution is -2.15. The van der Waals surface area contributed by atoms with Crippen LogP contribution in [0.15, 0.2) is 60.7 Å². The molecule has 0 fully saturated rings. The van der Waals surface area contributed by atoms with Gasteiger partial charge in [-0.15, -0.1) is 0 Å². The van der Waals surface area contributed by atoms with Gasteiger partial charge in [0.15, 0.2) is 0 Å². The fourth-order valence-corrected chi connectivity index (χ4v) is 3.04. The first kappa shape index (κ1) is 21.7. The average Bonchev–Trinajstić information content (AvgIpc) is 2.79. The van der Waals surface area contributed by atoms with Crippen molar-refractivity contribution < 1.29 is 23.8 Å². The molecule has 0 saturated heterocycles. The maximum atomic E-state index is 12.8. The first-order chi connectivity index (χ1) is 14.9. The standard InChI is InChI=1S/C24H24N2O5/c1-15-7-5-6-8-20(15)24(28)26-21-13-17(9-10-22(21)31-4)25-23(27)16-11-18(29-2)14-19(12-16)30-3/h5-14H,1-4H3,(H,25,27)(H,26,28). The van der Waals surface area contributed by atoms with Gasteiger partial charge in [-0.3, -0.25) is 9.59 Å². The number of anilines is 2. The molecule has 0 unspecified atom stereocenters. The van der Waals surface area contributed by atoms with Crippen molar-refractivity contribution in [2.24, 2.45) is 0 Å². The average molecular weight is 420 g/mol. The number of nitrogens with one attached hydrogen (secondary N) is 2. The molecule has 0 radical (unpaired) electrons. The number of methoxy groups -OCH3 is 3. The fraction of sp³-hybridized carbons (Fsp3) is 0.167. The smallest absolute Gasteiger partial charge is 0.256 e. The van der Waals surface area contributed by atoms with Gasteiger partial charge < -0.3 is 24.8 Å². The maximum absolute atomic E-state index is 12.8. The van der Waals surface area contributed by atoms with E-state index in [0.717, 1.165) is 5.56 Å². The summed E-state index contributed by atoms with van der Waals surface area (Å²) in [6.45, 7) is 1.87. The Morgan fingerprint density at radius 3 is 2.03 bits per heavy atom. The molecule has 0 bridgehead atoms. The Bertz CT molecular complexity index is 1090. The monoisotopic (exact) mass is 420 g/mol. The zero-order chi connectivity index (χ0) is 22.4.